The maximum absolute atomic E-state index is 12.9. The maximum atomic E-state index is 12.9. The second-order valence-electron chi connectivity index (χ2n) is 5.15. The molecule has 0 saturated carbocycles. The molecular formula is C15H18FN3O3. The van der Waals surface area contributed by atoms with Crippen molar-refractivity contribution >= 4 is 5.91 Å². The molecule has 1 amide bonds. The van der Waals surface area contributed by atoms with E-state index in [0.717, 1.165) is 0 Å². The first kappa shape index (κ1) is 16.0. The fraction of sp³-hybridized carbons (Fsp3) is 0.333. The van der Waals surface area contributed by atoms with Crippen molar-refractivity contribution in [3.8, 4) is 11.4 Å². The van der Waals surface area contributed by atoms with Gasteiger partial charge in [0.25, 0.3) is 5.91 Å². The van der Waals surface area contributed by atoms with E-state index in [9.17, 15) is 19.4 Å². The van der Waals surface area contributed by atoms with Gasteiger partial charge in [-0.25, -0.2) is 9.07 Å². The number of carbonyl (C=O) groups is 1. The SMILES string of the molecule is CC(O)CCN(C)C(=O)c1nn(-c2ccc(F)cc2)cc1O. The first-order chi connectivity index (χ1) is 10.4. The minimum atomic E-state index is -0.513. The average molecular weight is 307 g/mol. The third-order valence-corrected chi connectivity index (χ3v) is 3.22. The van der Waals surface area contributed by atoms with Crippen LogP contribution in [0.5, 0.6) is 5.75 Å². The summed E-state index contributed by atoms with van der Waals surface area (Å²) in [6, 6.07) is 5.52. The quantitative estimate of drug-likeness (QED) is 0.878. The fourth-order valence-electron chi connectivity index (χ4n) is 1.91. The van der Waals surface area contributed by atoms with E-state index in [1.165, 1.54) is 40.0 Å². The molecule has 7 heteroatoms. The summed E-state index contributed by atoms with van der Waals surface area (Å²) < 4.78 is 14.2. The van der Waals surface area contributed by atoms with Gasteiger partial charge in [0, 0.05) is 13.6 Å². The van der Waals surface area contributed by atoms with Gasteiger partial charge in [0.05, 0.1) is 18.0 Å². The fourth-order valence-corrected chi connectivity index (χ4v) is 1.91. The molecule has 1 atom stereocenters. The zero-order chi connectivity index (χ0) is 16.3. The standard InChI is InChI=1S/C15H18FN3O3/c1-10(20)7-8-18(2)15(22)14-13(21)9-19(17-14)12-5-3-11(16)4-6-12/h3-6,9-10,20-21H,7-8H2,1-2H3. The Balaban J connectivity index is 2.18. The van der Waals surface area contributed by atoms with Crippen LogP contribution in [-0.2, 0) is 0 Å². The zero-order valence-electron chi connectivity index (χ0n) is 12.4. The number of hydrogen-bond donors (Lipinski definition) is 2. The molecule has 1 unspecified atom stereocenters. The van der Waals surface area contributed by atoms with Gasteiger partial charge in [-0.1, -0.05) is 0 Å². The van der Waals surface area contributed by atoms with E-state index in [1.54, 1.807) is 14.0 Å². The number of amides is 1. The molecule has 0 radical (unpaired) electrons. The van der Waals surface area contributed by atoms with E-state index in [2.05, 4.69) is 5.10 Å². The molecule has 22 heavy (non-hydrogen) atoms. The summed E-state index contributed by atoms with van der Waals surface area (Å²) in [6.07, 6.45) is 1.21. The normalized spacial score (nSPS) is 12.2. The van der Waals surface area contributed by atoms with E-state index in [0.29, 0.717) is 18.7 Å². The minimum absolute atomic E-state index is 0.0857. The number of aliphatic hydroxyl groups is 1. The van der Waals surface area contributed by atoms with Gasteiger partial charge < -0.3 is 15.1 Å². The molecule has 1 heterocycles. The number of carbonyl (C=O) groups excluding carboxylic acids is 1. The van der Waals surface area contributed by atoms with Gasteiger partial charge in [0.1, 0.15) is 5.82 Å². The van der Waals surface area contributed by atoms with Crippen molar-refractivity contribution in [2.75, 3.05) is 13.6 Å². The second kappa shape index (κ2) is 6.57. The van der Waals surface area contributed by atoms with Gasteiger partial charge in [-0.15, -0.1) is 0 Å². The molecule has 118 valence electrons. The third kappa shape index (κ3) is 3.62. The smallest absolute Gasteiger partial charge is 0.277 e. The van der Waals surface area contributed by atoms with Crippen LogP contribution in [0.25, 0.3) is 5.69 Å². The Bertz CT molecular complexity index is 653. The molecule has 1 aromatic heterocycles. The highest BCUT2D eigenvalue weighted by molar-refractivity contribution is 5.94. The van der Waals surface area contributed by atoms with Crippen LogP contribution in [0.4, 0.5) is 4.39 Å². The molecule has 0 aliphatic carbocycles. The minimum Gasteiger partial charge on any atom is -0.504 e. The number of aromatic hydroxyl groups is 1. The summed E-state index contributed by atoms with van der Waals surface area (Å²) in [4.78, 5) is 13.6. The van der Waals surface area contributed by atoms with E-state index in [1.807, 2.05) is 0 Å². The second-order valence-corrected chi connectivity index (χ2v) is 5.15. The Morgan fingerprint density at radius 2 is 2.05 bits per heavy atom. The van der Waals surface area contributed by atoms with Crippen molar-refractivity contribution in [1.82, 2.24) is 14.7 Å². The van der Waals surface area contributed by atoms with E-state index >= 15 is 0 Å². The molecule has 1 aromatic carbocycles. The van der Waals surface area contributed by atoms with Crippen LogP contribution < -0.4 is 0 Å². The summed E-state index contributed by atoms with van der Waals surface area (Å²) in [5, 5.41) is 23.2. The molecule has 0 bridgehead atoms. The maximum Gasteiger partial charge on any atom is 0.277 e. The van der Waals surface area contributed by atoms with Crippen LogP contribution in [-0.4, -0.2) is 50.5 Å². The Morgan fingerprint density at radius 3 is 2.64 bits per heavy atom. The summed E-state index contributed by atoms with van der Waals surface area (Å²) in [7, 11) is 1.57. The Labute approximate surface area is 127 Å². The molecule has 2 aromatic rings. The lowest BCUT2D eigenvalue weighted by Crippen LogP contribution is -2.29. The van der Waals surface area contributed by atoms with Gasteiger partial charge in [-0.05, 0) is 37.6 Å². The molecule has 0 fully saturated rings. The number of halogens is 1. The van der Waals surface area contributed by atoms with Gasteiger partial charge in [-0.2, -0.15) is 5.10 Å². The molecule has 6 nitrogen and oxygen atoms in total. The lowest BCUT2D eigenvalue weighted by Gasteiger charge is -2.16. The molecule has 0 spiro atoms. The Hall–Kier alpha value is -2.41. The summed E-state index contributed by atoms with van der Waals surface area (Å²) in [6.45, 7) is 1.98. The monoisotopic (exact) mass is 307 g/mol. The molecule has 0 saturated heterocycles. The zero-order valence-corrected chi connectivity index (χ0v) is 12.4. The van der Waals surface area contributed by atoms with Crippen LogP contribution in [0.3, 0.4) is 0 Å². The van der Waals surface area contributed by atoms with Crippen molar-refractivity contribution < 1.29 is 19.4 Å². The predicted octanol–water partition coefficient (Wildman–Crippen LogP) is 1.56. The Morgan fingerprint density at radius 1 is 1.41 bits per heavy atom. The van der Waals surface area contributed by atoms with Crippen molar-refractivity contribution in [3.63, 3.8) is 0 Å². The first-order valence-corrected chi connectivity index (χ1v) is 6.86. The lowest BCUT2D eigenvalue weighted by molar-refractivity contribution is 0.0760. The lowest BCUT2D eigenvalue weighted by atomic mass is 10.2. The number of aliphatic hydroxyl groups excluding tert-OH is 1. The van der Waals surface area contributed by atoms with Crippen molar-refractivity contribution in [1.29, 1.82) is 0 Å². The summed E-state index contributed by atoms with van der Waals surface area (Å²) in [5.74, 6) is -1.08. The van der Waals surface area contributed by atoms with Crippen molar-refractivity contribution in [3.05, 3.63) is 42.0 Å². The highest BCUT2D eigenvalue weighted by Crippen LogP contribution is 2.19. The number of nitrogens with zero attached hydrogens (tertiary/aromatic N) is 3. The van der Waals surface area contributed by atoms with E-state index in [-0.39, 0.29) is 17.3 Å². The van der Waals surface area contributed by atoms with Gasteiger partial charge in [0.15, 0.2) is 11.4 Å². The molecular weight excluding hydrogens is 289 g/mol. The first-order valence-electron chi connectivity index (χ1n) is 6.86. The number of hydrogen-bond acceptors (Lipinski definition) is 4. The van der Waals surface area contributed by atoms with E-state index in [4.69, 9.17) is 0 Å². The van der Waals surface area contributed by atoms with Crippen LogP contribution in [0.15, 0.2) is 30.5 Å². The van der Waals surface area contributed by atoms with Crippen molar-refractivity contribution in [2.45, 2.75) is 19.4 Å². The van der Waals surface area contributed by atoms with Crippen LogP contribution in [0, 0.1) is 5.82 Å². The number of rotatable bonds is 5. The molecule has 2 rings (SSSR count). The van der Waals surface area contributed by atoms with Crippen molar-refractivity contribution in [2.24, 2.45) is 0 Å². The molecule has 0 aliphatic rings. The average Bonchev–Trinajstić information content (AvgIpc) is 2.86. The van der Waals surface area contributed by atoms with Crippen LogP contribution >= 0.6 is 0 Å². The molecule has 2 N–H and O–H groups in total. The largest absolute Gasteiger partial charge is 0.504 e. The van der Waals surface area contributed by atoms with Crippen LogP contribution in [0.1, 0.15) is 23.8 Å². The highest BCUT2D eigenvalue weighted by Gasteiger charge is 2.20. The Kier molecular flexibility index (Phi) is 4.77. The number of aromatic nitrogens is 2. The summed E-state index contributed by atoms with van der Waals surface area (Å²) in [5.41, 5.74) is 0.444. The number of benzene rings is 1. The predicted molar refractivity (Wildman–Crippen MR) is 78.4 cm³/mol. The van der Waals surface area contributed by atoms with Gasteiger partial charge in [-0.3, -0.25) is 4.79 Å². The highest BCUT2D eigenvalue weighted by atomic mass is 19.1. The van der Waals surface area contributed by atoms with Gasteiger partial charge in [0.2, 0.25) is 0 Å². The topological polar surface area (TPSA) is 78.6 Å². The summed E-state index contributed by atoms with van der Waals surface area (Å²) >= 11 is 0. The van der Waals surface area contributed by atoms with Crippen LogP contribution in [0.2, 0.25) is 0 Å². The van der Waals surface area contributed by atoms with Gasteiger partial charge >= 0.3 is 0 Å². The van der Waals surface area contributed by atoms with E-state index < -0.39 is 12.0 Å². The molecule has 0 aliphatic heterocycles. The third-order valence-electron chi connectivity index (χ3n) is 3.22.